The smallest absolute Gasteiger partial charge is 0.110 e. The molecule has 112 valence electrons. The fourth-order valence-electron chi connectivity index (χ4n) is 2.50. The fourth-order valence-corrected chi connectivity index (χ4v) is 2.50. The third-order valence-electron chi connectivity index (χ3n) is 3.65. The van der Waals surface area contributed by atoms with Gasteiger partial charge < -0.3 is 15.1 Å². The molecule has 0 fully saturated rings. The van der Waals surface area contributed by atoms with Gasteiger partial charge in [0.1, 0.15) is 25.0 Å². The molecule has 0 saturated heterocycles. The Balaban J connectivity index is 1.88. The van der Waals surface area contributed by atoms with Gasteiger partial charge in [-0.15, -0.1) is 0 Å². The molecule has 2 aromatic rings. The van der Waals surface area contributed by atoms with Gasteiger partial charge in [0, 0.05) is 18.0 Å². The standard InChI is InChI=1S/C17H16N2O3/c1-22-19-15-5-3-12-10-13(2-4-14(12)15)17(21)16(20)11-6-8-18-9-7-11/h2-10,16-17,20-21H,1H3. The predicted octanol–water partition coefficient (Wildman–Crippen LogP) is 2.23. The molecule has 0 spiro atoms. The first-order chi connectivity index (χ1) is 10.7. The molecule has 0 radical (unpaired) electrons. The van der Waals surface area contributed by atoms with Crippen molar-refractivity contribution in [1.82, 2.24) is 4.98 Å². The zero-order valence-electron chi connectivity index (χ0n) is 12.0. The molecule has 0 amide bonds. The molecule has 2 unspecified atom stereocenters. The van der Waals surface area contributed by atoms with E-state index >= 15 is 0 Å². The van der Waals surface area contributed by atoms with Crippen molar-refractivity contribution in [3.05, 3.63) is 71.1 Å². The van der Waals surface area contributed by atoms with E-state index in [4.69, 9.17) is 4.84 Å². The van der Waals surface area contributed by atoms with Gasteiger partial charge in [-0.2, -0.15) is 0 Å². The van der Waals surface area contributed by atoms with E-state index in [1.807, 2.05) is 24.3 Å². The number of fused-ring (bicyclic) bond motifs is 1. The second kappa shape index (κ2) is 6.09. The number of aliphatic hydroxyl groups excluding tert-OH is 2. The number of allylic oxidation sites excluding steroid dienone is 1. The summed E-state index contributed by atoms with van der Waals surface area (Å²) in [5.74, 6) is 0. The van der Waals surface area contributed by atoms with Gasteiger partial charge in [0.15, 0.2) is 0 Å². The van der Waals surface area contributed by atoms with Crippen molar-refractivity contribution < 1.29 is 15.1 Å². The number of rotatable bonds is 4. The van der Waals surface area contributed by atoms with E-state index in [2.05, 4.69) is 10.1 Å². The van der Waals surface area contributed by atoms with Crippen LogP contribution >= 0.6 is 0 Å². The Morgan fingerprint density at radius 2 is 1.73 bits per heavy atom. The van der Waals surface area contributed by atoms with Crippen LogP contribution in [0, 0.1) is 0 Å². The molecular formula is C17H16N2O3. The largest absolute Gasteiger partial charge is 0.399 e. The lowest BCUT2D eigenvalue weighted by atomic mass is 9.96. The summed E-state index contributed by atoms with van der Waals surface area (Å²) in [4.78, 5) is 8.70. The van der Waals surface area contributed by atoms with E-state index in [1.54, 1.807) is 30.6 Å². The summed E-state index contributed by atoms with van der Waals surface area (Å²) in [6.07, 6.45) is 4.92. The van der Waals surface area contributed by atoms with Crippen LogP contribution in [0.5, 0.6) is 0 Å². The monoisotopic (exact) mass is 296 g/mol. The maximum atomic E-state index is 10.4. The lowest BCUT2D eigenvalue weighted by Gasteiger charge is -2.19. The van der Waals surface area contributed by atoms with E-state index in [-0.39, 0.29) is 0 Å². The summed E-state index contributed by atoms with van der Waals surface area (Å²) in [6.45, 7) is 0. The Hall–Kier alpha value is -2.50. The molecule has 5 heteroatoms. The number of hydrogen-bond donors (Lipinski definition) is 2. The van der Waals surface area contributed by atoms with Crippen molar-refractivity contribution in [2.45, 2.75) is 12.2 Å². The molecular weight excluding hydrogens is 280 g/mol. The second-order valence-corrected chi connectivity index (χ2v) is 5.01. The van der Waals surface area contributed by atoms with E-state index in [9.17, 15) is 10.2 Å². The highest BCUT2D eigenvalue weighted by molar-refractivity contribution is 6.16. The zero-order valence-corrected chi connectivity index (χ0v) is 12.0. The SMILES string of the molecule is CON=C1C=Cc2cc(C(O)C(O)c3ccncc3)ccc21. The summed E-state index contributed by atoms with van der Waals surface area (Å²) < 4.78 is 0. The summed E-state index contributed by atoms with van der Waals surface area (Å²) >= 11 is 0. The van der Waals surface area contributed by atoms with Crippen LogP contribution in [0.1, 0.15) is 34.5 Å². The third kappa shape index (κ3) is 2.64. The minimum Gasteiger partial charge on any atom is -0.399 e. The van der Waals surface area contributed by atoms with Gasteiger partial charge in [-0.3, -0.25) is 4.98 Å². The predicted molar refractivity (Wildman–Crippen MR) is 83.2 cm³/mol. The van der Waals surface area contributed by atoms with Crippen molar-refractivity contribution in [2.75, 3.05) is 7.11 Å². The number of nitrogens with zero attached hydrogens (tertiary/aromatic N) is 2. The maximum absolute atomic E-state index is 10.4. The van der Waals surface area contributed by atoms with Gasteiger partial charge in [-0.05, 0) is 41.0 Å². The van der Waals surface area contributed by atoms with E-state index in [0.29, 0.717) is 11.1 Å². The van der Waals surface area contributed by atoms with Crippen LogP contribution in [-0.2, 0) is 4.84 Å². The number of benzene rings is 1. The number of aliphatic hydroxyl groups is 2. The molecule has 1 aromatic carbocycles. The number of hydrogen-bond acceptors (Lipinski definition) is 5. The summed E-state index contributed by atoms with van der Waals surface area (Å²) in [7, 11) is 1.50. The summed E-state index contributed by atoms with van der Waals surface area (Å²) in [5.41, 5.74) is 3.89. The molecule has 0 bridgehead atoms. The first-order valence-corrected chi connectivity index (χ1v) is 6.90. The van der Waals surface area contributed by atoms with Crippen LogP contribution in [0.2, 0.25) is 0 Å². The summed E-state index contributed by atoms with van der Waals surface area (Å²) in [5, 5.41) is 24.6. The fraction of sp³-hybridized carbons (Fsp3) is 0.176. The molecule has 1 heterocycles. The molecule has 1 aromatic heterocycles. The van der Waals surface area contributed by atoms with Crippen LogP contribution < -0.4 is 0 Å². The Bertz CT molecular complexity index is 726. The normalized spacial score (nSPS) is 17.3. The van der Waals surface area contributed by atoms with Gasteiger partial charge in [0.2, 0.25) is 0 Å². The van der Waals surface area contributed by atoms with E-state index in [0.717, 1.165) is 16.8 Å². The van der Waals surface area contributed by atoms with Crippen LogP contribution in [0.15, 0.2) is 54.0 Å². The lowest BCUT2D eigenvalue weighted by Crippen LogP contribution is -2.11. The van der Waals surface area contributed by atoms with Gasteiger partial charge in [0.25, 0.3) is 0 Å². The minimum absolute atomic E-state index is 0.625. The first-order valence-electron chi connectivity index (χ1n) is 6.90. The molecule has 5 nitrogen and oxygen atoms in total. The van der Waals surface area contributed by atoms with Crippen molar-refractivity contribution in [1.29, 1.82) is 0 Å². The lowest BCUT2D eigenvalue weighted by molar-refractivity contribution is 0.0172. The third-order valence-corrected chi connectivity index (χ3v) is 3.65. The maximum Gasteiger partial charge on any atom is 0.110 e. The highest BCUT2D eigenvalue weighted by Gasteiger charge is 2.22. The van der Waals surface area contributed by atoms with Crippen LogP contribution in [0.3, 0.4) is 0 Å². The van der Waals surface area contributed by atoms with Crippen LogP contribution in [-0.4, -0.2) is 28.0 Å². The van der Waals surface area contributed by atoms with Crippen LogP contribution in [0.4, 0.5) is 0 Å². The molecule has 0 aliphatic heterocycles. The van der Waals surface area contributed by atoms with Gasteiger partial charge in [-0.25, -0.2) is 0 Å². The average molecular weight is 296 g/mol. The number of pyridine rings is 1. The van der Waals surface area contributed by atoms with E-state index in [1.165, 1.54) is 7.11 Å². The van der Waals surface area contributed by atoms with Gasteiger partial charge in [0.05, 0.1) is 0 Å². The Kier molecular flexibility index (Phi) is 4.00. The average Bonchev–Trinajstić information content (AvgIpc) is 2.97. The van der Waals surface area contributed by atoms with Crippen molar-refractivity contribution in [3.8, 4) is 0 Å². The van der Waals surface area contributed by atoms with Crippen LogP contribution in [0.25, 0.3) is 6.08 Å². The topological polar surface area (TPSA) is 74.9 Å². The molecule has 2 N–H and O–H groups in total. The van der Waals surface area contributed by atoms with Crippen molar-refractivity contribution in [3.63, 3.8) is 0 Å². The summed E-state index contributed by atoms with van der Waals surface area (Å²) in [6, 6.07) is 8.87. The highest BCUT2D eigenvalue weighted by Crippen LogP contribution is 2.31. The molecule has 0 saturated carbocycles. The van der Waals surface area contributed by atoms with E-state index < -0.39 is 12.2 Å². The molecule has 22 heavy (non-hydrogen) atoms. The quantitative estimate of drug-likeness (QED) is 0.848. The second-order valence-electron chi connectivity index (χ2n) is 5.01. The molecule has 2 atom stereocenters. The Labute approximate surface area is 128 Å². The highest BCUT2D eigenvalue weighted by atomic mass is 16.6. The minimum atomic E-state index is -1.01. The molecule has 1 aliphatic rings. The zero-order chi connectivity index (χ0) is 15.5. The van der Waals surface area contributed by atoms with Gasteiger partial charge >= 0.3 is 0 Å². The van der Waals surface area contributed by atoms with Crippen molar-refractivity contribution in [2.24, 2.45) is 5.16 Å². The van der Waals surface area contributed by atoms with Crippen molar-refractivity contribution >= 4 is 11.8 Å². The van der Waals surface area contributed by atoms with Gasteiger partial charge in [-0.1, -0.05) is 23.4 Å². The Morgan fingerprint density at radius 3 is 2.45 bits per heavy atom. The number of aromatic nitrogens is 1. The first kappa shape index (κ1) is 14.4. The number of oxime groups is 1. The molecule has 1 aliphatic carbocycles. The molecule has 3 rings (SSSR count). The Morgan fingerprint density at radius 1 is 1.00 bits per heavy atom.